The molecule has 2 aromatic rings. The van der Waals surface area contributed by atoms with Gasteiger partial charge in [-0.15, -0.1) is 0 Å². The molecule has 3 N–H and O–H groups in total. The van der Waals surface area contributed by atoms with Gasteiger partial charge in [0.15, 0.2) is 0 Å². The molecule has 0 aliphatic carbocycles. The fourth-order valence-corrected chi connectivity index (χ4v) is 6.83. The van der Waals surface area contributed by atoms with Crippen molar-refractivity contribution in [2.24, 2.45) is 0 Å². The first-order valence-corrected chi connectivity index (χ1v) is 14.6. The number of piperidine rings is 1. The second-order valence-electron chi connectivity index (χ2n) is 10.3. The van der Waals surface area contributed by atoms with E-state index in [1.165, 1.54) is 0 Å². The van der Waals surface area contributed by atoms with E-state index in [0.717, 1.165) is 42.8 Å². The number of likely N-dealkylation sites (tertiary alicyclic amines) is 1. The molecular weight excluding hydrogens is 514 g/mol. The molecule has 0 aromatic heterocycles. The molecule has 2 aliphatic heterocycles. The van der Waals surface area contributed by atoms with Gasteiger partial charge in [0.1, 0.15) is 5.75 Å². The van der Waals surface area contributed by atoms with Crippen molar-refractivity contribution in [2.45, 2.75) is 76.1 Å². The van der Waals surface area contributed by atoms with Gasteiger partial charge in [-0.2, -0.15) is 0 Å². The first-order valence-electron chi connectivity index (χ1n) is 12.8. The maximum absolute atomic E-state index is 12.9. The van der Waals surface area contributed by atoms with Gasteiger partial charge in [0.2, 0.25) is 15.9 Å². The summed E-state index contributed by atoms with van der Waals surface area (Å²) in [5, 5.41) is 13.5. The second kappa shape index (κ2) is 11.7. The predicted molar refractivity (Wildman–Crippen MR) is 143 cm³/mol. The smallest absolute Gasteiger partial charge is 0.241 e. The van der Waals surface area contributed by atoms with Gasteiger partial charge < -0.3 is 15.2 Å². The minimum atomic E-state index is -3.81. The molecule has 1 amide bonds. The van der Waals surface area contributed by atoms with Crippen molar-refractivity contribution in [2.75, 3.05) is 19.7 Å². The highest BCUT2D eigenvalue weighted by atomic mass is 35.5. The van der Waals surface area contributed by atoms with Gasteiger partial charge in [-0.05, 0) is 75.0 Å². The quantitative estimate of drug-likeness (QED) is 0.464. The fraction of sp³-hybridized carbons (Fsp3) is 0.519. The van der Waals surface area contributed by atoms with E-state index in [1.807, 2.05) is 18.2 Å². The fourth-order valence-electron chi connectivity index (χ4n) is 5.06. The topological polar surface area (TPSA) is 108 Å². The lowest BCUT2D eigenvalue weighted by Gasteiger charge is -2.31. The minimum Gasteiger partial charge on any atom is -0.493 e. The van der Waals surface area contributed by atoms with Gasteiger partial charge in [0.25, 0.3) is 0 Å². The van der Waals surface area contributed by atoms with Crippen LogP contribution in [0.4, 0.5) is 0 Å². The van der Waals surface area contributed by atoms with Gasteiger partial charge in [-0.3, -0.25) is 9.69 Å². The van der Waals surface area contributed by atoms with Crippen LogP contribution in [0.15, 0.2) is 35.2 Å². The van der Waals surface area contributed by atoms with E-state index in [4.69, 9.17) is 16.3 Å². The summed E-state index contributed by atoms with van der Waals surface area (Å²) in [5.74, 6) is 0.525. The second-order valence-corrected chi connectivity index (χ2v) is 12.3. The molecule has 1 fully saturated rings. The van der Waals surface area contributed by atoms with Crippen molar-refractivity contribution >= 4 is 27.5 Å². The molecule has 1 saturated heterocycles. The van der Waals surface area contributed by atoms with Crippen LogP contribution in [0.25, 0.3) is 0 Å². The summed E-state index contributed by atoms with van der Waals surface area (Å²) in [7, 11) is -3.81. The van der Waals surface area contributed by atoms with Crippen LogP contribution < -0.4 is 14.8 Å². The Morgan fingerprint density at radius 3 is 2.76 bits per heavy atom. The Labute approximate surface area is 224 Å². The number of aryl methyl sites for hydroxylation is 2. The molecule has 4 rings (SSSR count). The van der Waals surface area contributed by atoms with Crippen LogP contribution in [0.2, 0.25) is 5.02 Å². The maximum Gasteiger partial charge on any atom is 0.241 e. The highest BCUT2D eigenvalue weighted by Crippen LogP contribution is 2.33. The average Bonchev–Trinajstić information content (AvgIpc) is 2.81. The third-order valence-corrected chi connectivity index (χ3v) is 9.07. The first-order chi connectivity index (χ1) is 17.5. The Bertz CT molecular complexity index is 1250. The monoisotopic (exact) mass is 549 g/mol. The standard InChI is InChI=1S/C27H36ClN3O5S/c1-17-12-26(18(2)11-23(17)28)37(34,35)30-19(3)13-27(33)29-24-8-10-36-25-14-20(6-7-22(24)25)15-31-9-4-5-21(32)16-31/h6-7,11-12,14,19,21,24,30,32H,4-5,8-10,13,15-16H2,1-3H3,(H,29,33)/t19-,21-,24+/m0/s1. The van der Waals surface area contributed by atoms with Crippen molar-refractivity contribution in [1.29, 1.82) is 0 Å². The first kappa shape index (κ1) is 27.9. The summed E-state index contributed by atoms with van der Waals surface area (Å²) in [4.78, 5) is 15.3. The van der Waals surface area contributed by atoms with Crippen LogP contribution in [0, 0.1) is 13.8 Å². The van der Waals surface area contributed by atoms with E-state index in [0.29, 0.717) is 35.7 Å². The zero-order chi connectivity index (χ0) is 26.7. The Hall–Kier alpha value is -2.17. The number of β-amino-alcohol motifs (C(OH)–C–C–N with tert-alkyl or cyclic N) is 1. The molecule has 0 spiro atoms. The Morgan fingerprint density at radius 2 is 2.00 bits per heavy atom. The number of fused-ring (bicyclic) bond motifs is 1. The summed E-state index contributed by atoms with van der Waals surface area (Å²) in [6.45, 7) is 8.00. The third kappa shape index (κ3) is 7.03. The number of hydrogen-bond acceptors (Lipinski definition) is 6. The lowest BCUT2D eigenvalue weighted by molar-refractivity contribution is -0.122. The summed E-state index contributed by atoms with van der Waals surface area (Å²) in [6, 6.07) is 8.43. The molecule has 0 bridgehead atoms. The molecule has 37 heavy (non-hydrogen) atoms. The molecular formula is C27H36ClN3O5S. The van der Waals surface area contributed by atoms with Crippen LogP contribution in [0.1, 0.15) is 60.9 Å². The average molecular weight is 550 g/mol. The van der Waals surface area contributed by atoms with Crippen molar-refractivity contribution in [3.8, 4) is 5.75 Å². The number of carbonyl (C=O) groups excluding carboxylic acids is 1. The number of aliphatic hydroxyl groups excluding tert-OH is 1. The number of benzene rings is 2. The van der Waals surface area contributed by atoms with Gasteiger partial charge in [-0.25, -0.2) is 13.1 Å². The predicted octanol–water partition coefficient (Wildman–Crippen LogP) is 3.61. The van der Waals surface area contributed by atoms with E-state index in [2.05, 4.69) is 14.9 Å². The molecule has 8 nitrogen and oxygen atoms in total. The number of sulfonamides is 1. The highest BCUT2D eigenvalue weighted by Gasteiger charge is 2.26. The van der Waals surface area contributed by atoms with Crippen molar-refractivity contribution in [3.05, 3.63) is 57.6 Å². The van der Waals surface area contributed by atoms with E-state index in [1.54, 1.807) is 32.9 Å². The lowest BCUT2D eigenvalue weighted by atomic mass is 9.98. The maximum atomic E-state index is 12.9. The Morgan fingerprint density at radius 1 is 1.22 bits per heavy atom. The van der Waals surface area contributed by atoms with Crippen LogP contribution >= 0.6 is 11.6 Å². The number of carbonyl (C=O) groups is 1. The van der Waals surface area contributed by atoms with E-state index >= 15 is 0 Å². The van der Waals surface area contributed by atoms with Crippen LogP contribution in [-0.2, 0) is 21.4 Å². The number of nitrogens with zero attached hydrogens (tertiary/aromatic N) is 1. The summed E-state index contributed by atoms with van der Waals surface area (Å²) < 4.78 is 34.4. The number of ether oxygens (including phenoxy) is 1. The van der Waals surface area contributed by atoms with Crippen LogP contribution in [0.5, 0.6) is 5.75 Å². The summed E-state index contributed by atoms with van der Waals surface area (Å²) >= 11 is 6.11. The van der Waals surface area contributed by atoms with Gasteiger partial charge >= 0.3 is 0 Å². The van der Waals surface area contributed by atoms with Gasteiger partial charge in [-0.1, -0.05) is 23.7 Å². The molecule has 3 atom stereocenters. The molecule has 10 heteroatoms. The lowest BCUT2D eigenvalue weighted by Crippen LogP contribution is -2.39. The minimum absolute atomic E-state index is 0.00686. The molecule has 2 aromatic carbocycles. The Kier molecular flexibility index (Phi) is 8.81. The largest absolute Gasteiger partial charge is 0.493 e. The van der Waals surface area contributed by atoms with Crippen molar-refractivity contribution in [3.63, 3.8) is 0 Å². The normalized spacial score (nSPS) is 21.1. The number of halogens is 1. The summed E-state index contributed by atoms with van der Waals surface area (Å²) in [6.07, 6.45) is 2.22. The van der Waals surface area contributed by atoms with E-state index < -0.39 is 16.1 Å². The van der Waals surface area contributed by atoms with Gasteiger partial charge in [0.05, 0.1) is 23.6 Å². The van der Waals surface area contributed by atoms with E-state index in [-0.39, 0.29) is 29.4 Å². The van der Waals surface area contributed by atoms with Crippen molar-refractivity contribution in [1.82, 2.24) is 14.9 Å². The molecule has 202 valence electrons. The zero-order valence-corrected chi connectivity index (χ0v) is 23.2. The molecule has 0 radical (unpaired) electrons. The third-order valence-electron chi connectivity index (χ3n) is 6.93. The number of rotatable bonds is 8. The SMILES string of the molecule is Cc1cc(S(=O)(=O)N[C@@H](C)CC(=O)N[C@@H]2CCOc3cc(CN4CCC[C@H](O)C4)ccc32)c(C)cc1Cl. The number of aliphatic hydroxyl groups is 1. The van der Waals surface area contributed by atoms with Crippen LogP contribution in [-0.4, -0.2) is 56.2 Å². The van der Waals surface area contributed by atoms with Crippen LogP contribution in [0.3, 0.4) is 0 Å². The zero-order valence-electron chi connectivity index (χ0n) is 21.6. The Balaban J connectivity index is 1.36. The highest BCUT2D eigenvalue weighted by molar-refractivity contribution is 7.89. The number of amides is 1. The molecule has 0 unspecified atom stereocenters. The molecule has 2 aliphatic rings. The summed E-state index contributed by atoms with van der Waals surface area (Å²) in [5.41, 5.74) is 3.25. The number of hydrogen-bond donors (Lipinski definition) is 3. The molecule has 2 heterocycles. The van der Waals surface area contributed by atoms with E-state index in [9.17, 15) is 18.3 Å². The molecule has 0 saturated carbocycles. The number of nitrogens with one attached hydrogen (secondary N) is 2. The van der Waals surface area contributed by atoms with Gasteiger partial charge in [0, 0.05) is 42.6 Å². The van der Waals surface area contributed by atoms with Crippen molar-refractivity contribution < 1.29 is 23.1 Å².